The Morgan fingerprint density at radius 3 is 2.67 bits per heavy atom. The first-order chi connectivity index (χ1) is 11.6. The van der Waals surface area contributed by atoms with Crippen molar-refractivity contribution in [3.63, 3.8) is 0 Å². The Bertz CT molecular complexity index is 682. The van der Waals surface area contributed by atoms with Crippen LogP contribution >= 0.6 is 11.3 Å². The number of nitrogens with one attached hydrogen (secondary N) is 2. The monoisotopic (exact) mass is 349 g/mol. The number of rotatable bonds is 4. The number of urea groups is 1. The van der Waals surface area contributed by atoms with E-state index in [1.807, 2.05) is 6.20 Å². The highest BCUT2D eigenvalue weighted by molar-refractivity contribution is 7.15. The molecule has 2 heterocycles. The second kappa shape index (κ2) is 7.59. The van der Waals surface area contributed by atoms with E-state index in [1.54, 1.807) is 0 Å². The van der Waals surface area contributed by atoms with Gasteiger partial charge in [0.25, 0.3) is 0 Å². The summed E-state index contributed by atoms with van der Waals surface area (Å²) in [7, 11) is 0. The number of nitrogens with zero attached hydrogens (tertiary/aromatic N) is 2. The lowest BCUT2D eigenvalue weighted by molar-refractivity contribution is 0.191. The van der Waals surface area contributed by atoms with Crippen molar-refractivity contribution >= 4 is 28.2 Å². The van der Waals surface area contributed by atoms with E-state index >= 15 is 0 Å². The molecule has 0 radical (unpaired) electrons. The number of thiazole rings is 1. The predicted molar refractivity (Wildman–Crippen MR) is 93.4 cm³/mol. The summed E-state index contributed by atoms with van der Waals surface area (Å²) in [6.45, 7) is 2.68. The number of nitrogens with two attached hydrogens (primary N) is 1. The Morgan fingerprint density at radius 1 is 1.33 bits per heavy atom. The number of carbonyl (C=O) groups is 1. The van der Waals surface area contributed by atoms with Crippen LogP contribution in [0.2, 0.25) is 0 Å². The maximum Gasteiger partial charge on any atom is 0.319 e. The molecule has 3 rings (SSSR count). The lowest BCUT2D eigenvalue weighted by Gasteiger charge is -2.31. The van der Waals surface area contributed by atoms with Crippen LogP contribution in [0.25, 0.3) is 0 Å². The number of aromatic nitrogens is 1. The summed E-state index contributed by atoms with van der Waals surface area (Å²) in [4.78, 5) is 19.5. The number of hydrogen-bond donors (Lipinski definition) is 3. The molecule has 128 valence electrons. The predicted octanol–water partition coefficient (Wildman–Crippen LogP) is 2.65. The van der Waals surface area contributed by atoms with Crippen LogP contribution in [0.1, 0.15) is 17.7 Å². The third-order valence-electron chi connectivity index (χ3n) is 3.98. The van der Waals surface area contributed by atoms with Gasteiger partial charge in [0.1, 0.15) is 5.82 Å². The van der Waals surface area contributed by atoms with Crippen molar-refractivity contribution in [2.45, 2.75) is 25.4 Å². The van der Waals surface area contributed by atoms with Crippen molar-refractivity contribution < 1.29 is 9.18 Å². The van der Waals surface area contributed by atoms with E-state index in [0.29, 0.717) is 10.8 Å². The van der Waals surface area contributed by atoms with Crippen LogP contribution in [-0.2, 0) is 6.54 Å². The third-order valence-corrected chi connectivity index (χ3v) is 4.79. The Morgan fingerprint density at radius 2 is 2.04 bits per heavy atom. The minimum absolute atomic E-state index is 0.147. The molecule has 0 saturated carbocycles. The highest BCUT2D eigenvalue weighted by Crippen LogP contribution is 2.19. The Hall–Kier alpha value is -2.19. The maximum atomic E-state index is 12.8. The Labute approximate surface area is 143 Å². The number of piperidine rings is 1. The summed E-state index contributed by atoms with van der Waals surface area (Å²) in [6.07, 6.45) is 3.61. The lowest BCUT2D eigenvalue weighted by Crippen LogP contribution is -2.45. The molecule has 0 unspecified atom stereocenters. The third kappa shape index (κ3) is 4.65. The normalized spacial score (nSPS) is 16.0. The molecule has 1 aromatic heterocycles. The lowest BCUT2D eigenvalue weighted by atomic mass is 10.1. The van der Waals surface area contributed by atoms with Gasteiger partial charge in [0.15, 0.2) is 5.13 Å². The van der Waals surface area contributed by atoms with Gasteiger partial charge in [-0.2, -0.15) is 0 Å². The summed E-state index contributed by atoms with van der Waals surface area (Å²) in [5.41, 5.74) is 6.22. The summed E-state index contributed by atoms with van der Waals surface area (Å²) in [5, 5.41) is 6.29. The van der Waals surface area contributed by atoms with E-state index in [9.17, 15) is 9.18 Å². The molecule has 2 aromatic rings. The molecule has 8 heteroatoms. The zero-order valence-corrected chi connectivity index (χ0v) is 14.0. The molecule has 0 atom stereocenters. The zero-order valence-electron chi connectivity index (χ0n) is 13.2. The fourth-order valence-corrected chi connectivity index (χ4v) is 3.46. The van der Waals surface area contributed by atoms with E-state index in [1.165, 1.54) is 35.6 Å². The SMILES string of the molecule is Nc1ncc(CN2CCC(NC(=O)Nc3ccc(F)cc3)CC2)s1. The van der Waals surface area contributed by atoms with E-state index in [0.717, 1.165) is 37.4 Å². The van der Waals surface area contributed by atoms with Crippen molar-refractivity contribution in [3.05, 3.63) is 41.2 Å². The van der Waals surface area contributed by atoms with E-state index in [-0.39, 0.29) is 17.9 Å². The second-order valence-electron chi connectivity index (χ2n) is 5.82. The van der Waals surface area contributed by atoms with Gasteiger partial charge in [-0.1, -0.05) is 0 Å². The van der Waals surface area contributed by atoms with Crippen molar-refractivity contribution in [3.8, 4) is 0 Å². The van der Waals surface area contributed by atoms with Gasteiger partial charge in [-0.15, -0.1) is 11.3 Å². The van der Waals surface area contributed by atoms with Crippen LogP contribution in [-0.4, -0.2) is 35.0 Å². The summed E-state index contributed by atoms with van der Waals surface area (Å²) >= 11 is 1.51. The molecule has 0 aliphatic carbocycles. The van der Waals surface area contributed by atoms with E-state index < -0.39 is 0 Å². The molecule has 6 nitrogen and oxygen atoms in total. The molecule has 1 saturated heterocycles. The molecule has 1 aromatic carbocycles. The van der Waals surface area contributed by atoms with Gasteiger partial charge in [0.05, 0.1) is 0 Å². The first-order valence-electron chi connectivity index (χ1n) is 7.84. The molecule has 1 aliphatic rings. The Balaban J connectivity index is 1.41. The van der Waals surface area contributed by atoms with Crippen LogP contribution < -0.4 is 16.4 Å². The highest BCUT2D eigenvalue weighted by Gasteiger charge is 2.21. The molecule has 0 bridgehead atoms. The number of hydrogen-bond acceptors (Lipinski definition) is 5. The summed E-state index contributed by atoms with van der Waals surface area (Å²) in [5.74, 6) is -0.323. The van der Waals surface area contributed by atoms with Gasteiger partial charge in [-0.3, -0.25) is 4.90 Å². The highest BCUT2D eigenvalue weighted by atomic mass is 32.1. The van der Waals surface area contributed by atoms with Crippen molar-refractivity contribution in [2.24, 2.45) is 0 Å². The van der Waals surface area contributed by atoms with Crippen LogP contribution in [0.4, 0.5) is 20.0 Å². The molecular formula is C16H20FN5OS. The van der Waals surface area contributed by atoms with Gasteiger partial charge < -0.3 is 16.4 Å². The number of anilines is 2. The number of benzene rings is 1. The molecule has 2 amide bonds. The van der Waals surface area contributed by atoms with Gasteiger partial charge in [-0.25, -0.2) is 14.2 Å². The molecule has 0 spiro atoms. The second-order valence-corrected chi connectivity index (χ2v) is 6.97. The zero-order chi connectivity index (χ0) is 16.9. The molecule has 24 heavy (non-hydrogen) atoms. The van der Waals surface area contributed by atoms with E-state index in [4.69, 9.17) is 5.73 Å². The van der Waals surface area contributed by atoms with Crippen LogP contribution in [0, 0.1) is 5.82 Å². The number of likely N-dealkylation sites (tertiary alicyclic amines) is 1. The standard InChI is InChI=1S/C16H20FN5OS/c17-11-1-3-12(4-2-11)20-16(23)21-13-5-7-22(8-6-13)10-14-9-19-15(18)24-14/h1-4,9,13H,5-8,10H2,(H2,18,19)(H2,20,21,23). The minimum atomic E-state index is -0.323. The van der Waals surface area contributed by atoms with Gasteiger partial charge in [0.2, 0.25) is 0 Å². The topological polar surface area (TPSA) is 83.3 Å². The number of amides is 2. The van der Waals surface area contributed by atoms with Crippen LogP contribution in [0.3, 0.4) is 0 Å². The van der Waals surface area contributed by atoms with Crippen LogP contribution in [0.15, 0.2) is 30.5 Å². The molecule has 1 aliphatic heterocycles. The largest absolute Gasteiger partial charge is 0.375 e. The Kier molecular flexibility index (Phi) is 5.27. The van der Waals surface area contributed by atoms with Crippen molar-refractivity contribution in [1.29, 1.82) is 0 Å². The van der Waals surface area contributed by atoms with Gasteiger partial charge in [0, 0.05) is 42.4 Å². The number of carbonyl (C=O) groups excluding carboxylic acids is 1. The van der Waals surface area contributed by atoms with Gasteiger partial charge in [-0.05, 0) is 37.1 Å². The molecule has 1 fully saturated rings. The average Bonchev–Trinajstić information content (AvgIpc) is 2.96. The first kappa shape index (κ1) is 16.7. The first-order valence-corrected chi connectivity index (χ1v) is 8.66. The number of halogens is 1. The minimum Gasteiger partial charge on any atom is -0.375 e. The van der Waals surface area contributed by atoms with Gasteiger partial charge >= 0.3 is 6.03 Å². The van der Waals surface area contributed by atoms with Crippen molar-refractivity contribution in [2.75, 3.05) is 24.1 Å². The van der Waals surface area contributed by atoms with E-state index in [2.05, 4.69) is 20.5 Å². The maximum absolute atomic E-state index is 12.8. The van der Waals surface area contributed by atoms with Crippen LogP contribution in [0.5, 0.6) is 0 Å². The average molecular weight is 349 g/mol. The number of nitrogen functional groups attached to an aromatic ring is 1. The fraction of sp³-hybridized carbons (Fsp3) is 0.375. The molecular weight excluding hydrogens is 329 g/mol. The summed E-state index contributed by atoms with van der Waals surface area (Å²) in [6, 6.07) is 5.61. The van der Waals surface area contributed by atoms with Crippen molar-refractivity contribution in [1.82, 2.24) is 15.2 Å². The summed E-state index contributed by atoms with van der Waals surface area (Å²) < 4.78 is 12.8. The fourth-order valence-electron chi connectivity index (χ4n) is 2.74. The quantitative estimate of drug-likeness (QED) is 0.792. The molecule has 4 N–H and O–H groups in total. The smallest absolute Gasteiger partial charge is 0.319 e.